The van der Waals surface area contributed by atoms with Crippen LogP contribution >= 0.6 is 0 Å². The molecule has 1 aliphatic rings. The lowest BCUT2D eigenvalue weighted by Gasteiger charge is -2.46. The summed E-state index contributed by atoms with van der Waals surface area (Å²) >= 11 is 0. The van der Waals surface area contributed by atoms with Crippen LogP contribution in [0.5, 0.6) is 0 Å². The Morgan fingerprint density at radius 2 is 2.06 bits per heavy atom. The molecule has 0 aliphatic heterocycles. The number of hydrogen-bond acceptors (Lipinski definition) is 3. The van der Waals surface area contributed by atoms with Crippen molar-refractivity contribution >= 4 is 0 Å². The standard InChI is InChI=1S/C15H31NO2/c1-12(2)11-16(9-10-18-5)13-7-6-8-15(3,4)14(13)17/h12-14,17H,6-11H2,1-5H3. The molecule has 0 bridgehead atoms. The van der Waals surface area contributed by atoms with E-state index in [1.165, 1.54) is 6.42 Å². The molecule has 0 amide bonds. The highest BCUT2D eigenvalue weighted by Crippen LogP contribution is 2.37. The van der Waals surface area contributed by atoms with Crippen molar-refractivity contribution in [1.29, 1.82) is 0 Å². The van der Waals surface area contributed by atoms with E-state index in [0.717, 1.165) is 32.5 Å². The van der Waals surface area contributed by atoms with Crippen LogP contribution < -0.4 is 0 Å². The van der Waals surface area contributed by atoms with Crippen molar-refractivity contribution in [1.82, 2.24) is 4.90 Å². The second kappa shape index (κ2) is 6.88. The number of ether oxygens (including phenoxy) is 1. The Balaban J connectivity index is 2.70. The highest BCUT2D eigenvalue weighted by molar-refractivity contribution is 4.93. The summed E-state index contributed by atoms with van der Waals surface area (Å²) in [6, 6.07) is 0.297. The lowest BCUT2D eigenvalue weighted by Crippen LogP contribution is -2.54. The molecular formula is C15H31NO2. The minimum Gasteiger partial charge on any atom is -0.391 e. The molecule has 1 saturated carbocycles. The van der Waals surface area contributed by atoms with E-state index in [1.54, 1.807) is 7.11 Å². The fourth-order valence-corrected chi connectivity index (χ4v) is 3.05. The van der Waals surface area contributed by atoms with E-state index in [-0.39, 0.29) is 11.5 Å². The van der Waals surface area contributed by atoms with Gasteiger partial charge in [0.05, 0.1) is 12.7 Å². The molecule has 0 saturated heterocycles. The molecule has 0 aromatic carbocycles. The number of rotatable bonds is 6. The second-order valence-corrected chi connectivity index (χ2v) is 6.77. The molecule has 0 spiro atoms. The number of aliphatic hydroxyl groups excluding tert-OH is 1. The van der Waals surface area contributed by atoms with Gasteiger partial charge in [0.1, 0.15) is 0 Å². The summed E-state index contributed by atoms with van der Waals surface area (Å²) in [6.07, 6.45) is 3.24. The van der Waals surface area contributed by atoms with E-state index < -0.39 is 0 Å². The van der Waals surface area contributed by atoms with Crippen LogP contribution in [-0.4, -0.2) is 49.0 Å². The molecule has 0 radical (unpaired) electrons. The predicted octanol–water partition coefficient (Wildman–Crippen LogP) is 2.53. The van der Waals surface area contributed by atoms with Gasteiger partial charge >= 0.3 is 0 Å². The predicted molar refractivity (Wildman–Crippen MR) is 75.7 cm³/mol. The largest absolute Gasteiger partial charge is 0.391 e. The third-order valence-corrected chi connectivity index (χ3v) is 4.14. The minimum absolute atomic E-state index is 0.0468. The maximum Gasteiger partial charge on any atom is 0.0746 e. The van der Waals surface area contributed by atoms with E-state index in [2.05, 4.69) is 32.6 Å². The molecule has 0 aromatic heterocycles. The first-order valence-corrected chi connectivity index (χ1v) is 7.29. The minimum atomic E-state index is -0.221. The Hall–Kier alpha value is -0.120. The van der Waals surface area contributed by atoms with Crippen LogP contribution in [0.3, 0.4) is 0 Å². The van der Waals surface area contributed by atoms with E-state index in [9.17, 15) is 5.11 Å². The van der Waals surface area contributed by atoms with E-state index in [1.807, 2.05) is 0 Å². The SMILES string of the molecule is COCCN(CC(C)C)C1CCCC(C)(C)C1O. The van der Waals surface area contributed by atoms with Crippen molar-refractivity contribution in [2.45, 2.75) is 59.1 Å². The molecule has 0 heterocycles. The first kappa shape index (κ1) is 15.9. The van der Waals surface area contributed by atoms with Crippen LogP contribution in [0.25, 0.3) is 0 Å². The Kier molecular flexibility index (Phi) is 6.09. The lowest BCUT2D eigenvalue weighted by molar-refractivity contribution is -0.0639. The smallest absolute Gasteiger partial charge is 0.0746 e. The summed E-state index contributed by atoms with van der Waals surface area (Å²) in [4.78, 5) is 2.43. The van der Waals surface area contributed by atoms with Gasteiger partial charge in [-0.25, -0.2) is 0 Å². The van der Waals surface area contributed by atoms with Crippen LogP contribution in [0.1, 0.15) is 47.0 Å². The monoisotopic (exact) mass is 257 g/mol. The zero-order chi connectivity index (χ0) is 13.8. The summed E-state index contributed by atoms with van der Waals surface area (Å²) in [6.45, 7) is 11.6. The molecule has 2 unspecified atom stereocenters. The molecule has 108 valence electrons. The van der Waals surface area contributed by atoms with Crippen molar-refractivity contribution in [3.8, 4) is 0 Å². The Labute approximate surface area is 113 Å². The summed E-state index contributed by atoms with van der Waals surface area (Å²) in [5.41, 5.74) is 0.0468. The molecule has 18 heavy (non-hydrogen) atoms. The summed E-state index contributed by atoms with van der Waals surface area (Å²) in [5, 5.41) is 10.6. The van der Waals surface area contributed by atoms with Gasteiger partial charge < -0.3 is 9.84 Å². The number of nitrogens with zero attached hydrogens (tertiary/aromatic N) is 1. The first-order valence-electron chi connectivity index (χ1n) is 7.29. The molecule has 3 heteroatoms. The van der Waals surface area contributed by atoms with Gasteiger partial charge in [0.15, 0.2) is 0 Å². The van der Waals surface area contributed by atoms with Crippen LogP contribution in [0, 0.1) is 11.3 Å². The van der Waals surface area contributed by atoms with Gasteiger partial charge in [0.25, 0.3) is 0 Å². The molecule has 1 rings (SSSR count). The Bertz CT molecular complexity index is 241. The van der Waals surface area contributed by atoms with E-state index in [0.29, 0.717) is 12.0 Å². The average Bonchev–Trinajstić information content (AvgIpc) is 2.28. The quantitative estimate of drug-likeness (QED) is 0.793. The fraction of sp³-hybridized carbons (Fsp3) is 1.00. The van der Waals surface area contributed by atoms with Gasteiger partial charge in [0, 0.05) is 26.2 Å². The maximum absolute atomic E-state index is 10.6. The summed E-state index contributed by atoms with van der Waals surface area (Å²) in [5.74, 6) is 0.624. The van der Waals surface area contributed by atoms with Crippen molar-refractivity contribution < 1.29 is 9.84 Å². The average molecular weight is 257 g/mol. The van der Waals surface area contributed by atoms with Crippen molar-refractivity contribution in [3.05, 3.63) is 0 Å². The highest BCUT2D eigenvalue weighted by atomic mass is 16.5. The van der Waals surface area contributed by atoms with Gasteiger partial charge in [-0.1, -0.05) is 34.1 Å². The van der Waals surface area contributed by atoms with Crippen LogP contribution in [0.2, 0.25) is 0 Å². The molecule has 1 aliphatic carbocycles. The van der Waals surface area contributed by atoms with Crippen LogP contribution in [-0.2, 0) is 4.74 Å². The fourth-order valence-electron chi connectivity index (χ4n) is 3.05. The third-order valence-electron chi connectivity index (χ3n) is 4.14. The van der Waals surface area contributed by atoms with Gasteiger partial charge in [-0.2, -0.15) is 0 Å². The normalized spacial score (nSPS) is 28.0. The first-order chi connectivity index (χ1) is 8.38. The number of hydrogen-bond donors (Lipinski definition) is 1. The van der Waals surface area contributed by atoms with Gasteiger partial charge in [0.2, 0.25) is 0 Å². The van der Waals surface area contributed by atoms with Crippen molar-refractivity contribution in [2.24, 2.45) is 11.3 Å². The van der Waals surface area contributed by atoms with E-state index in [4.69, 9.17) is 4.74 Å². The Morgan fingerprint density at radius 1 is 1.39 bits per heavy atom. The van der Waals surface area contributed by atoms with Gasteiger partial charge in [-0.05, 0) is 24.2 Å². The summed E-state index contributed by atoms with van der Waals surface area (Å²) in [7, 11) is 1.74. The third kappa shape index (κ3) is 4.22. The zero-order valence-electron chi connectivity index (χ0n) is 12.8. The molecular weight excluding hydrogens is 226 g/mol. The van der Waals surface area contributed by atoms with Crippen molar-refractivity contribution in [3.63, 3.8) is 0 Å². The van der Waals surface area contributed by atoms with Gasteiger partial charge in [-0.3, -0.25) is 4.90 Å². The summed E-state index contributed by atoms with van der Waals surface area (Å²) < 4.78 is 5.21. The maximum atomic E-state index is 10.6. The van der Waals surface area contributed by atoms with Crippen molar-refractivity contribution in [2.75, 3.05) is 26.8 Å². The molecule has 3 nitrogen and oxygen atoms in total. The number of aliphatic hydroxyl groups is 1. The molecule has 0 aromatic rings. The lowest BCUT2D eigenvalue weighted by atomic mass is 9.72. The second-order valence-electron chi connectivity index (χ2n) is 6.77. The number of methoxy groups -OCH3 is 1. The molecule has 2 atom stereocenters. The highest BCUT2D eigenvalue weighted by Gasteiger charge is 2.40. The van der Waals surface area contributed by atoms with Crippen LogP contribution in [0.4, 0.5) is 0 Å². The van der Waals surface area contributed by atoms with E-state index >= 15 is 0 Å². The van der Waals surface area contributed by atoms with Gasteiger partial charge in [-0.15, -0.1) is 0 Å². The zero-order valence-corrected chi connectivity index (χ0v) is 12.8. The topological polar surface area (TPSA) is 32.7 Å². The van der Waals surface area contributed by atoms with Crippen LogP contribution in [0.15, 0.2) is 0 Å². The molecule has 1 N–H and O–H groups in total. The molecule has 1 fully saturated rings. The Morgan fingerprint density at radius 3 is 2.61 bits per heavy atom.